The van der Waals surface area contributed by atoms with E-state index in [9.17, 15) is 5.11 Å². The number of aliphatic hydroxyl groups excluding tert-OH is 1. The molecule has 3 nitrogen and oxygen atoms in total. The number of aliphatic hydroxyl groups is 1. The van der Waals surface area contributed by atoms with Crippen molar-refractivity contribution in [2.24, 2.45) is 0 Å². The first kappa shape index (κ1) is 12.2. The predicted octanol–water partition coefficient (Wildman–Crippen LogP) is 3.61. The molecule has 0 radical (unpaired) electrons. The molecule has 96 valence electrons. The highest BCUT2D eigenvalue weighted by molar-refractivity contribution is 6.31. The van der Waals surface area contributed by atoms with Gasteiger partial charge in [0, 0.05) is 33.9 Å². The van der Waals surface area contributed by atoms with Gasteiger partial charge in [-0.1, -0.05) is 29.8 Å². The number of nitrogens with one attached hydrogen (secondary N) is 1. The van der Waals surface area contributed by atoms with Crippen molar-refractivity contribution in [3.8, 4) is 0 Å². The van der Waals surface area contributed by atoms with Crippen LogP contribution >= 0.6 is 11.6 Å². The van der Waals surface area contributed by atoms with Gasteiger partial charge in [0.1, 0.15) is 11.8 Å². The van der Waals surface area contributed by atoms with Crippen LogP contribution in [0.4, 0.5) is 0 Å². The first-order valence-electron chi connectivity index (χ1n) is 6.03. The number of aryl methyl sites for hydroxylation is 1. The van der Waals surface area contributed by atoms with Gasteiger partial charge in [0.05, 0.1) is 0 Å². The number of hydrogen-bond donors (Lipinski definition) is 2. The van der Waals surface area contributed by atoms with Crippen molar-refractivity contribution in [3.05, 3.63) is 64.4 Å². The fourth-order valence-electron chi connectivity index (χ4n) is 2.22. The molecule has 1 atom stereocenters. The molecule has 1 unspecified atom stereocenters. The minimum absolute atomic E-state index is 0.560. The molecule has 19 heavy (non-hydrogen) atoms. The van der Waals surface area contributed by atoms with E-state index in [2.05, 4.69) is 9.97 Å². The third-order valence-electron chi connectivity index (χ3n) is 3.19. The van der Waals surface area contributed by atoms with Gasteiger partial charge in [-0.2, -0.15) is 0 Å². The minimum Gasteiger partial charge on any atom is -0.384 e. The van der Waals surface area contributed by atoms with Crippen LogP contribution in [-0.4, -0.2) is 15.1 Å². The molecule has 3 aromatic rings. The SMILES string of the molecule is Cc1cnc2[nH]cc(C(O)c3ccccc3Cl)c2c1. The maximum absolute atomic E-state index is 10.5. The lowest BCUT2D eigenvalue weighted by Crippen LogP contribution is -1.99. The molecule has 0 aliphatic carbocycles. The van der Waals surface area contributed by atoms with Crippen LogP contribution in [0.2, 0.25) is 5.02 Å². The first-order chi connectivity index (χ1) is 9.16. The number of nitrogens with zero attached hydrogens (tertiary/aromatic N) is 1. The molecule has 0 saturated heterocycles. The molecular formula is C15H13ClN2O. The third-order valence-corrected chi connectivity index (χ3v) is 3.54. The summed E-state index contributed by atoms with van der Waals surface area (Å²) in [6.07, 6.45) is 2.82. The van der Waals surface area contributed by atoms with Crippen molar-refractivity contribution in [3.63, 3.8) is 0 Å². The molecule has 1 aromatic carbocycles. The quantitative estimate of drug-likeness (QED) is 0.749. The van der Waals surface area contributed by atoms with Crippen LogP contribution in [0, 0.1) is 6.92 Å². The van der Waals surface area contributed by atoms with E-state index in [4.69, 9.17) is 11.6 Å². The molecule has 2 heterocycles. The highest BCUT2D eigenvalue weighted by atomic mass is 35.5. The zero-order valence-corrected chi connectivity index (χ0v) is 11.1. The average Bonchev–Trinajstić information content (AvgIpc) is 2.81. The summed E-state index contributed by atoms with van der Waals surface area (Å²) < 4.78 is 0. The smallest absolute Gasteiger partial charge is 0.137 e. The predicted molar refractivity (Wildman–Crippen MR) is 76.3 cm³/mol. The molecule has 0 aliphatic rings. The molecule has 0 saturated carbocycles. The van der Waals surface area contributed by atoms with E-state index in [0.717, 1.165) is 22.2 Å². The van der Waals surface area contributed by atoms with Gasteiger partial charge in [-0.15, -0.1) is 0 Å². The fourth-order valence-corrected chi connectivity index (χ4v) is 2.46. The monoisotopic (exact) mass is 272 g/mol. The van der Waals surface area contributed by atoms with Gasteiger partial charge < -0.3 is 10.1 Å². The topological polar surface area (TPSA) is 48.9 Å². The first-order valence-corrected chi connectivity index (χ1v) is 6.41. The highest BCUT2D eigenvalue weighted by Gasteiger charge is 2.17. The van der Waals surface area contributed by atoms with Crippen LogP contribution in [0.1, 0.15) is 22.8 Å². The largest absolute Gasteiger partial charge is 0.384 e. The summed E-state index contributed by atoms with van der Waals surface area (Å²) in [5.41, 5.74) is 3.32. The van der Waals surface area contributed by atoms with E-state index in [1.165, 1.54) is 0 Å². The normalized spacial score (nSPS) is 12.8. The number of halogens is 1. The fraction of sp³-hybridized carbons (Fsp3) is 0.133. The minimum atomic E-state index is -0.758. The lowest BCUT2D eigenvalue weighted by molar-refractivity contribution is 0.222. The van der Waals surface area contributed by atoms with Gasteiger partial charge in [-0.05, 0) is 24.6 Å². The number of H-pyrrole nitrogens is 1. The number of benzene rings is 1. The lowest BCUT2D eigenvalue weighted by atomic mass is 10.0. The molecule has 2 aromatic heterocycles. The second kappa shape index (κ2) is 4.68. The molecule has 4 heteroatoms. The Morgan fingerprint density at radius 3 is 2.84 bits per heavy atom. The molecule has 0 spiro atoms. The van der Waals surface area contributed by atoms with Crippen LogP contribution < -0.4 is 0 Å². The van der Waals surface area contributed by atoms with Gasteiger partial charge in [0.25, 0.3) is 0 Å². The summed E-state index contributed by atoms with van der Waals surface area (Å²) in [5.74, 6) is 0. The Hall–Kier alpha value is -1.84. The number of aromatic nitrogens is 2. The number of pyridine rings is 1. The van der Waals surface area contributed by atoms with Crippen molar-refractivity contribution >= 4 is 22.6 Å². The van der Waals surface area contributed by atoms with E-state index >= 15 is 0 Å². The van der Waals surface area contributed by atoms with Crippen LogP contribution in [-0.2, 0) is 0 Å². The second-order valence-corrected chi connectivity index (χ2v) is 4.98. The number of fused-ring (bicyclic) bond motifs is 1. The zero-order valence-electron chi connectivity index (χ0n) is 10.4. The Bertz CT molecular complexity index is 736. The average molecular weight is 273 g/mol. The van der Waals surface area contributed by atoms with Crippen molar-refractivity contribution in [1.82, 2.24) is 9.97 Å². The van der Waals surface area contributed by atoms with E-state index in [0.29, 0.717) is 10.6 Å². The molecule has 0 aliphatic heterocycles. The van der Waals surface area contributed by atoms with Crippen molar-refractivity contribution in [2.45, 2.75) is 13.0 Å². The van der Waals surface area contributed by atoms with Gasteiger partial charge in [0.15, 0.2) is 0 Å². The number of rotatable bonds is 2. The molecule has 2 N–H and O–H groups in total. The van der Waals surface area contributed by atoms with Gasteiger partial charge >= 0.3 is 0 Å². The Labute approximate surface area is 115 Å². The van der Waals surface area contributed by atoms with Crippen LogP contribution in [0.25, 0.3) is 11.0 Å². The molecule has 0 amide bonds. The Morgan fingerprint density at radius 2 is 2.05 bits per heavy atom. The van der Waals surface area contributed by atoms with Crippen molar-refractivity contribution in [2.75, 3.05) is 0 Å². The molecule has 3 rings (SSSR count). The summed E-state index contributed by atoms with van der Waals surface area (Å²) in [6, 6.07) is 9.32. The summed E-state index contributed by atoms with van der Waals surface area (Å²) in [5, 5.41) is 12.0. The maximum Gasteiger partial charge on any atom is 0.137 e. The Kier molecular flexibility index (Phi) is 3.01. The third kappa shape index (κ3) is 2.11. The summed E-state index contributed by atoms with van der Waals surface area (Å²) in [4.78, 5) is 7.37. The van der Waals surface area contributed by atoms with Crippen molar-refractivity contribution < 1.29 is 5.11 Å². The van der Waals surface area contributed by atoms with E-state index in [-0.39, 0.29) is 0 Å². The van der Waals surface area contributed by atoms with Gasteiger partial charge in [-0.25, -0.2) is 4.98 Å². The van der Waals surface area contributed by atoms with E-state index < -0.39 is 6.10 Å². The molecule has 0 bridgehead atoms. The van der Waals surface area contributed by atoms with Gasteiger partial charge in [0.2, 0.25) is 0 Å². The van der Waals surface area contributed by atoms with Gasteiger partial charge in [-0.3, -0.25) is 0 Å². The summed E-state index contributed by atoms with van der Waals surface area (Å²) in [6.45, 7) is 1.98. The number of hydrogen-bond acceptors (Lipinski definition) is 2. The second-order valence-electron chi connectivity index (χ2n) is 4.58. The maximum atomic E-state index is 10.5. The van der Waals surface area contributed by atoms with Crippen molar-refractivity contribution in [1.29, 1.82) is 0 Å². The Balaban J connectivity index is 2.14. The van der Waals surface area contributed by atoms with Crippen LogP contribution in [0.5, 0.6) is 0 Å². The van der Waals surface area contributed by atoms with E-state index in [1.807, 2.05) is 31.2 Å². The number of aromatic amines is 1. The van der Waals surface area contributed by atoms with Crippen LogP contribution in [0.15, 0.2) is 42.7 Å². The van der Waals surface area contributed by atoms with E-state index in [1.54, 1.807) is 18.5 Å². The summed E-state index contributed by atoms with van der Waals surface area (Å²) >= 11 is 6.13. The lowest BCUT2D eigenvalue weighted by Gasteiger charge is -2.11. The highest BCUT2D eigenvalue weighted by Crippen LogP contribution is 2.32. The Morgan fingerprint density at radius 1 is 1.26 bits per heavy atom. The molecule has 0 fully saturated rings. The zero-order chi connectivity index (χ0) is 13.4. The molecular weight excluding hydrogens is 260 g/mol. The van der Waals surface area contributed by atoms with Crippen LogP contribution in [0.3, 0.4) is 0 Å². The standard InChI is InChI=1S/C15H13ClN2O/c1-9-6-11-12(8-18-15(11)17-7-9)14(19)10-4-2-3-5-13(10)16/h2-8,14,19H,1H3,(H,17,18). The summed E-state index contributed by atoms with van der Waals surface area (Å²) in [7, 11) is 0.